The number of rotatable bonds is 2. The molecule has 0 atom stereocenters. The predicted octanol–water partition coefficient (Wildman–Crippen LogP) is 1.96. The van der Waals surface area contributed by atoms with E-state index < -0.39 is 0 Å². The van der Waals surface area contributed by atoms with E-state index in [2.05, 4.69) is 43.0 Å². The SMILES string of the molecule is CNc1ncc(Cl)c(-n2cc(I)cn2)n1. The van der Waals surface area contributed by atoms with Gasteiger partial charge in [0.25, 0.3) is 0 Å². The molecule has 2 rings (SSSR count). The van der Waals surface area contributed by atoms with Crippen LogP contribution < -0.4 is 5.32 Å². The number of halogens is 2. The Morgan fingerprint density at radius 2 is 2.27 bits per heavy atom. The average Bonchev–Trinajstić information content (AvgIpc) is 2.65. The van der Waals surface area contributed by atoms with E-state index in [0.717, 1.165) is 3.57 Å². The maximum absolute atomic E-state index is 5.98. The van der Waals surface area contributed by atoms with E-state index in [9.17, 15) is 0 Å². The fourth-order valence-corrected chi connectivity index (χ4v) is 1.62. The number of hydrogen-bond donors (Lipinski definition) is 1. The van der Waals surface area contributed by atoms with Crippen LogP contribution in [0.5, 0.6) is 0 Å². The molecule has 0 spiro atoms. The summed E-state index contributed by atoms with van der Waals surface area (Å²) in [5.74, 6) is 1.08. The zero-order valence-corrected chi connectivity index (χ0v) is 10.7. The smallest absolute Gasteiger partial charge is 0.224 e. The fourth-order valence-electron chi connectivity index (χ4n) is 1.06. The molecule has 5 nitrogen and oxygen atoms in total. The fraction of sp³-hybridized carbons (Fsp3) is 0.125. The lowest BCUT2D eigenvalue weighted by Gasteiger charge is -2.04. The summed E-state index contributed by atoms with van der Waals surface area (Å²) >= 11 is 8.15. The molecule has 0 aliphatic heterocycles. The molecule has 0 aliphatic rings. The summed E-state index contributed by atoms with van der Waals surface area (Å²) in [4.78, 5) is 8.21. The van der Waals surface area contributed by atoms with Gasteiger partial charge in [-0.3, -0.25) is 0 Å². The van der Waals surface area contributed by atoms with Gasteiger partial charge in [0, 0.05) is 13.2 Å². The highest BCUT2D eigenvalue weighted by Gasteiger charge is 2.07. The van der Waals surface area contributed by atoms with Gasteiger partial charge >= 0.3 is 0 Å². The monoisotopic (exact) mass is 335 g/mol. The van der Waals surface area contributed by atoms with Crippen LogP contribution in [0.3, 0.4) is 0 Å². The molecule has 15 heavy (non-hydrogen) atoms. The van der Waals surface area contributed by atoms with Gasteiger partial charge in [-0.25, -0.2) is 9.67 Å². The van der Waals surface area contributed by atoms with Crippen molar-refractivity contribution in [1.82, 2.24) is 19.7 Å². The van der Waals surface area contributed by atoms with Crippen LogP contribution in [0.15, 0.2) is 18.6 Å². The average molecular weight is 336 g/mol. The largest absolute Gasteiger partial charge is 0.357 e. The van der Waals surface area contributed by atoms with E-state index >= 15 is 0 Å². The molecule has 0 saturated heterocycles. The minimum atomic E-state index is 0.466. The van der Waals surface area contributed by atoms with Gasteiger partial charge in [0.2, 0.25) is 5.95 Å². The highest BCUT2D eigenvalue weighted by atomic mass is 127. The van der Waals surface area contributed by atoms with E-state index in [1.807, 2.05) is 6.20 Å². The van der Waals surface area contributed by atoms with Crippen LogP contribution in [0.25, 0.3) is 5.82 Å². The lowest BCUT2D eigenvalue weighted by Crippen LogP contribution is -2.03. The van der Waals surface area contributed by atoms with E-state index in [4.69, 9.17) is 11.6 Å². The van der Waals surface area contributed by atoms with Crippen molar-refractivity contribution in [2.45, 2.75) is 0 Å². The van der Waals surface area contributed by atoms with E-state index in [1.54, 1.807) is 24.1 Å². The Balaban J connectivity index is 2.51. The zero-order valence-electron chi connectivity index (χ0n) is 7.78. The Morgan fingerprint density at radius 3 is 2.87 bits per heavy atom. The van der Waals surface area contributed by atoms with Crippen molar-refractivity contribution in [2.24, 2.45) is 0 Å². The Labute approximate surface area is 105 Å². The molecule has 0 aliphatic carbocycles. The van der Waals surface area contributed by atoms with Gasteiger partial charge in [-0.05, 0) is 22.6 Å². The van der Waals surface area contributed by atoms with Gasteiger partial charge in [0.05, 0.1) is 16.0 Å². The Hall–Kier alpha value is -0.890. The van der Waals surface area contributed by atoms with Crippen molar-refractivity contribution < 1.29 is 0 Å². The molecule has 0 saturated carbocycles. The van der Waals surface area contributed by atoms with Crippen LogP contribution in [0.2, 0.25) is 5.02 Å². The summed E-state index contributed by atoms with van der Waals surface area (Å²) in [7, 11) is 1.75. The Bertz CT molecular complexity index is 484. The molecule has 0 fully saturated rings. The standard InChI is InChI=1S/C8H7ClIN5/c1-11-8-12-3-6(9)7(14-8)15-4-5(10)2-13-15/h2-4H,1H3,(H,11,12,14). The molecular formula is C8H7ClIN5. The quantitative estimate of drug-likeness (QED) is 0.853. The summed E-state index contributed by atoms with van der Waals surface area (Å²) < 4.78 is 2.64. The summed E-state index contributed by atoms with van der Waals surface area (Å²) in [6.45, 7) is 0. The van der Waals surface area contributed by atoms with Crippen molar-refractivity contribution in [1.29, 1.82) is 0 Å². The second-order valence-electron chi connectivity index (χ2n) is 2.72. The summed E-state index contributed by atoms with van der Waals surface area (Å²) in [5.41, 5.74) is 0. The van der Waals surface area contributed by atoms with Gasteiger partial charge in [-0.2, -0.15) is 10.1 Å². The molecule has 2 aromatic rings. The first-order chi connectivity index (χ1) is 7.20. The first-order valence-corrected chi connectivity index (χ1v) is 5.57. The van der Waals surface area contributed by atoms with Gasteiger partial charge in [0.15, 0.2) is 5.82 Å². The molecule has 7 heteroatoms. The first-order valence-electron chi connectivity index (χ1n) is 4.11. The first kappa shape index (κ1) is 10.6. The van der Waals surface area contributed by atoms with Crippen molar-refractivity contribution in [2.75, 3.05) is 12.4 Å². The van der Waals surface area contributed by atoms with E-state index in [1.165, 1.54) is 0 Å². The van der Waals surface area contributed by atoms with Crippen molar-refractivity contribution in [3.8, 4) is 5.82 Å². The molecule has 0 radical (unpaired) electrons. The third-order valence-electron chi connectivity index (χ3n) is 1.72. The van der Waals surface area contributed by atoms with E-state index in [0.29, 0.717) is 16.8 Å². The van der Waals surface area contributed by atoms with Gasteiger partial charge in [0.1, 0.15) is 5.02 Å². The summed E-state index contributed by atoms with van der Waals surface area (Å²) in [6, 6.07) is 0. The molecule has 0 amide bonds. The second-order valence-corrected chi connectivity index (χ2v) is 4.37. The minimum absolute atomic E-state index is 0.466. The maximum Gasteiger partial charge on any atom is 0.224 e. The number of hydrogen-bond acceptors (Lipinski definition) is 4. The van der Waals surface area contributed by atoms with Crippen LogP contribution in [-0.4, -0.2) is 26.8 Å². The number of aromatic nitrogens is 4. The molecule has 0 aromatic carbocycles. The lowest BCUT2D eigenvalue weighted by molar-refractivity contribution is 0.841. The number of nitrogens with zero attached hydrogens (tertiary/aromatic N) is 4. The zero-order chi connectivity index (χ0) is 10.8. The molecular weight excluding hydrogens is 328 g/mol. The second kappa shape index (κ2) is 4.31. The van der Waals surface area contributed by atoms with Gasteiger partial charge < -0.3 is 5.32 Å². The van der Waals surface area contributed by atoms with Crippen LogP contribution in [0.4, 0.5) is 5.95 Å². The molecule has 78 valence electrons. The van der Waals surface area contributed by atoms with Crippen LogP contribution in [0, 0.1) is 3.57 Å². The van der Waals surface area contributed by atoms with Crippen LogP contribution in [0.1, 0.15) is 0 Å². The minimum Gasteiger partial charge on any atom is -0.357 e. The van der Waals surface area contributed by atoms with Crippen LogP contribution in [-0.2, 0) is 0 Å². The van der Waals surface area contributed by atoms with Crippen molar-refractivity contribution in [3.63, 3.8) is 0 Å². The summed E-state index contributed by atoms with van der Waals surface area (Å²) in [6.07, 6.45) is 5.12. The van der Waals surface area contributed by atoms with E-state index in [-0.39, 0.29) is 0 Å². The summed E-state index contributed by atoms with van der Waals surface area (Å²) in [5, 5.41) is 7.44. The molecule has 2 heterocycles. The molecule has 0 unspecified atom stereocenters. The maximum atomic E-state index is 5.98. The molecule has 2 aromatic heterocycles. The number of anilines is 1. The third kappa shape index (κ3) is 2.20. The Morgan fingerprint density at radius 1 is 1.47 bits per heavy atom. The topological polar surface area (TPSA) is 55.6 Å². The molecule has 1 N–H and O–H groups in total. The highest BCUT2D eigenvalue weighted by Crippen LogP contribution is 2.18. The van der Waals surface area contributed by atoms with Crippen molar-refractivity contribution in [3.05, 3.63) is 27.2 Å². The Kier molecular flexibility index (Phi) is 3.06. The third-order valence-corrected chi connectivity index (χ3v) is 2.54. The lowest BCUT2D eigenvalue weighted by atomic mass is 10.5. The van der Waals surface area contributed by atoms with Gasteiger partial charge in [-0.15, -0.1) is 0 Å². The number of nitrogens with one attached hydrogen (secondary N) is 1. The highest BCUT2D eigenvalue weighted by molar-refractivity contribution is 14.1. The van der Waals surface area contributed by atoms with Crippen LogP contribution >= 0.6 is 34.2 Å². The molecule has 0 bridgehead atoms. The normalized spacial score (nSPS) is 10.3. The van der Waals surface area contributed by atoms with Crippen molar-refractivity contribution >= 4 is 40.1 Å². The van der Waals surface area contributed by atoms with Gasteiger partial charge in [-0.1, -0.05) is 11.6 Å². The predicted molar refractivity (Wildman–Crippen MR) is 66.4 cm³/mol.